The number of carbonyl (C=O) groups is 1. The summed E-state index contributed by atoms with van der Waals surface area (Å²) in [6.45, 7) is 0.299. The van der Waals surface area contributed by atoms with Gasteiger partial charge in [-0.1, -0.05) is 60.7 Å². The third-order valence-electron chi connectivity index (χ3n) is 5.15. The van der Waals surface area contributed by atoms with Crippen molar-refractivity contribution >= 4 is 5.97 Å². The summed E-state index contributed by atoms with van der Waals surface area (Å²) in [5.74, 6) is 0.0531. The summed E-state index contributed by atoms with van der Waals surface area (Å²) in [5, 5.41) is 19.9. The molecule has 2 N–H and O–H groups in total. The van der Waals surface area contributed by atoms with E-state index in [2.05, 4.69) is 0 Å². The number of benzene rings is 4. The second kappa shape index (κ2) is 9.27. The maximum atomic E-state index is 11.9. The Kier molecular flexibility index (Phi) is 6.08. The molecule has 4 rings (SSSR count). The largest absolute Gasteiger partial charge is 0.508 e. The Bertz CT molecular complexity index is 1250. The van der Waals surface area contributed by atoms with Gasteiger partial charge in [0.2, 0.25) is 0 Å². The number of rotatable bonds is 7. The monoisotopic (exact) mass is 426 g/mol. The third-order valence-corrected chi connectivity index (χ3v) is 5.15. The Hall–Kier alpha value is -4.25. The number of hydrogen-bond donors (Lipinski definition) is 2. The molecule has 5 nitrogen and oxygen atoms in total. The van der Waals surface area contributed by atoms with E-state index < -0.39 is 5.97 Å². The standard InChI is InChI=1S/C27H22O5/c1-31-24-15-14-22(21-12-5-6-13-23(21)27(29)30)25(19-10-7-11-20(28)16-19)26(24)32-17-18-8-3-2-4-9-18/h2-16,28H,17H2,1H3,(H,29,30). The van der Waals surface area contributed by atoms with E-state index in [1.54, 1.807) is 55.6 Å². The van der Waals surface area contributed by atoms with Crippen molar-refractivity contribution < 1.29 is 24.5 Å². The second-order valence-corrected chi connectivity index (χ2v) is 7.19. The van der Waals surface area contributed by atoms with Gasteiger partial charge in [0.15, 0.2) is 11.5 Å². The average Bonchev–Trinajstić information content (AvgIpc) is 2.82. The lowest BCUT2D eigenvalue weighted by Gasteiger charge is -2.20. The molecule has 4 aromatic rings. The molecule has 0 amide bonds. The molecule has 0 radical (unpaired) electrons. The highest BCUT2D eigenvalue weighted by Crippen LogP contribution is 2.46. The van der Waals surface area contributed by atoms with Crippen LogP contribution in [-0.4, -0.2) is 23.3 Å². The van der Waals surface area contributed by atoms with Crippen molar-refractivity contribution in [2.24, 2.45) is 0 Å². The Morgan fingerprint density at radius 2 is 1.59 bits per heavy atom. The molecule has 5 heteroatoms. The van der Waals surface area contributed by atoms with Crippen molar-refractivity contribution in [2.75, 3.05) is 7.11 Å². The molecule has 0 saturated carbocycles. The van der Waals surface area contributed by atoms with Gasteiger partial charge >= 0.3 is 5.97 Å². The van der Waals surface area contributed by atoms with Gasteiger partial charge in [-0.3, -0.25) is 0 Å². The quantitative estimate of drug-likeness (QED) is 0.378. The molecule has 0 spiro atoms. The van der Waals surface area contributed by atoms with E-state index in [0.29, 0.717) is 40.4 Å². The van der Waals surface area contributed by atoms with Crippen molar-refractivity contribution in [2.45, 2.75) is 6.61 Å². The van der Waals surface area contributed by atoms with Crippen molar-refractivity contribution in [3.8, 4) is 39.5 Å². The highest BCUT2D eigenvalue weighted by Gasteiger charge is 2.22. The van der Waals surface area contributed by atoms with Crippen LogP contribution in [0.5, 0.6) is 17.2 Å². The molecule has 160 valence electrons. The third kappa shape index (κ3) is 4.27. The predicted molar refractivity (Wildman–Crippen MR) is 123 cm³/mol. The Morgan fingerprint density at radius 1 is 0.844 bits per heavy atom. The summed E-state index contributed by atoms with van der Waals surface area (Å²) < 4.78 is 11.8. The van der Waals surface area contributed by atoms with E-state index in [0.717, 1.165) is 5.56 Å². The fourth-order valence-electron chi connectivity index (χ4n) is 3.67. The van der Waals surface area contributed by atoms with Crippen LogP contribution in [0.3, 0.4) is 0 Å². The van der Waals surface area contributed by atoms with Gasteiger partial charge in [-0.25, -0.2) is 4.79 Å². The van der Waals surface area contributed by atoms with E-state index in [9.17, 15) is 15.0 Å². The Balaban J connectivity index is 1.95. The fraction of sp³-hybridized carbons (Fsp3) is 0.0741. The SMILES string of the molecule is COc1ccc(-c2ccccc2C(=O)O)c(-c2cccc(O)c2)c1OCc1ccccc1. The van der Waals surface area contributed by atoms with E-state index in [1.807, 2.05) is 42.5 Å². The van der Waals surface area contributed by atoms with E-state index >= 15 is 0 Å². The van der Waals surface area contributed by atoms with Crippen LogP contribution < -0.4 is 9.47 Å². The molecular weight excluding hydrogens is 404 g/mol. The van der Waals surface area contributed by atoms with E-state index in [4.69, 9.17) is 9.47 Å². The molecule has 0 atom stereocenters. The predicted octanol–water partition coefficient (Wildman–Crippen LogP) is 6.01. The number of aromatic hydroxyl groups is 1. The topological polar surface area (TPSA) is 76.0 Å². The summed E-state index contributed by atoms with van der Waals surface area (Å²) in [7, 11) is 1.56. The lowest BCUT2D eigenvalue weighted by molar-refractivity contribution is 0.0697. The van der Waals surface area contributed by atoms with Crippen LogP contribution in [0.2, 0.25) is 0 Å². The molecule has 4 aromatic carbocycles. The summed E-state index contributed by atoms with van der Waals surface area (Å²) in [6.07, 6.45) is 0. The Labute approximate surface area is 186 Å². The van der Waals surface area contributed by atoms with Crippen LogP contribution in [0.4, 0.5) is 0 Å². The highest BCUT2D eigenvalue weighted by atomic mass is 16.5. The average molecular weight is 426 g/mol. The van der Waals surface area contributed by atoms with Gasteiger partial charge < -0.3 is 19.7 Å². The smallest absolute Gasteiger partial charge is 0.336 e. The molecule has 0 saturated heterocycles. The summed E-state index contributed by atoms with van der Waals surface area (Å²) in [5.41, 5.74) is 3.69. The molecule has 0 aliphatic heterocycles. The summed E-state index contributed by atoms with van der Waals surface area (Å²) >= 11 is 0. The fourth-order valence-corrected chi connectivity index (χ4v) is 3.67. The molecule has 0 fully saturated rings. The van der Waals surface area contributed by atoms with Crippen LogP contribution in [0.15, 0.2) is 91.0 Å². The number of carboxylic acid groups (broad SMARTS) is 1. The molecule has 0 aliphatic carbocycles. The molecular formula is C27H22O5. The number of ether oxygens (including phenoxy) is 2. The Morgan fingerprint density at radius 3 is 2.31 bits per heavy atom. The number of phenolic OH excluding ortho intramolecular Hbond substituents is 1. The molecule has 0 heterocycles. The lowest BCUT2D eigenvalue weighted by Crippen LogP contribution is -2.03. The number of methoxy groups -OCH3 is 1. The maximum absolute atomic E-state index is 11.9. The van der Waals surface area contributed by atoms with Crippen LogP contribution in [0.25, 0.3) is 22.3 Å². The van der Waals surface area contributed by atoms with Crippen LogP contribution >= 0.6 is 0 Å². The van der Waals surface area contributed by atoms with Crippen LogP contribution in [-0.2, 0) is 6.61 Å². The van der Waals surface area contributed by atoms with E-state index in [-0.39, 0.29) is 11.3 Å². The van der Waals surface area contributed by atoms with Crippen molar-refractivity contribution in [3.63, 3.8) is 0 Å². The molecule has 0 aromatic heterocycles. The van der Waals surface area contributed by atoms with Gasteiger partial charge in [0.25, 0.3) is 0 Å². The minimum Gasteiger partial charge on any atom is -0.508 e. The summed E-state index contributed by atoms with van der Waals surface area (Å²) in [6, 6.07) is 26.9. The van der Waals surface area contributed by atoms with Gasteiger partial charge in [-0.15, -0.1) is 0 Å². The lowest BCUT2D eigenvalue weighted by atomic mass is 9.90. The molecule has 0 aliphatic rings. The van der Waals surface area contributed by atoms with Gasteiger partial charge in [0.1, 0.15) is 12.4 Å². The van der Waals surface area contributed by atoms with Crippen LogP contribution in [0, 0.1) is 0 Å². The number of carboxylic acids is 1. The summed E-state index contributed by atoms with van der Waals surface area (Å²) in [4.78, 5) is 11.9. The van der Waals surface area contributed by atoms with Gasteiger partial charge in [0.05, 0.1) is 12.7 Å². The first kappa shape index (κ1) is 21.0. The molecule has 0 bridgehead atoms. The van der Waals surface area contributed by atoms with Gasteiger partial charge in [-0.05, 0) is 52.6 Å². The van der Waals surface area contributed by atoms with Crippen LogP contribution in [0.1, 0.15) is 15.9 Å². The van der Waals surface area contributed by atoms with Crippen molar-refractivity contribution in [1.29, 1.82) is 0 Å². The van der Waals surface area contributed by atoms with Gasteiger partial charge in [-0.2, -0.15) is 0 Å². The number of phenols is 1. The maximum Gasteiger partial charge on any atom is 0.336 e. The number of hydrogen-bond acceptors (Lipinski definition) is 4. The van der Waals surface area contributed by atoms with Gasteiger partial charge in [0, 0.05) is 5.56 Å². The zero-order valence-electron chi connectivity index (χ0n) is 17.5. The normalized spacial score (nSPS) is 10.5. The second-order valence-electron chi connectivity index (χ2n) is 7.19. The first-order valence-corrected chi connectivity index (χ1v) is 10.1. The first-order valence-electron chi connectivity index (χ1n) is 10.1. The molecule has 32 heavy (non-hydrogen) atoms. The number of aromatic carboxylic acids is 1. The highest BCUT2D eigenvalue weighted by molar-refractivity contribution is 6.00. The van der Waals surface area contributed by atoms with Crippen molar-refractivity contribution in [3.05, 3.63) is 102 Å². The minimum atomic E-state index is -1.02. The first-order chi connectivity index (χ1) is 15.6. The van der Waals surface area contributed by atoms with Crippen molar-refractivity contribution in [1.82, 2.24) is 0 Å². The minimum absolute atomic E-state index is 0.0943. The zero-order valence-corrected chi connectivity index (χ0v) is 17.5. The van der Waals surface area contributed by atoms with E-state index in [1.165, 1.54) is 0 Å². The zero-order chi connectivity index (χ0) is 22.5. The molecule has 0 unspecified atom stereocenters.